The van der Waals surface area contributed by atoms with Crippen molar-refractivity contribution in [3.8, 4) is 17.2 Å². The minimum Gasteiger partial charge on any atom is -0.493 e. The highest BCUT2D eigenvalue weighted by Gasteiger charge is 2.17. The Balaban J connectivity index is 1.73. The van der Waals surface area contributed by atoms with Gasteiger partial charge in [-0.1, -0.05) is 43.2 Å². The molecule has 188 valence electrons. The van der Waals surface area contributed by atoms with Crippen molar-refractivity contribution in [2.75, 3.05) is 26.6 Å². The minimum atomic E-state index is 0.545. The molecule has 4 rings (SSSR count). The molecule has 1 N–H and O–H groups in total. The Hall–Kier alpha value is -3.78. The highest BCUT2D eigenvalue weighted by molar-refractivity contribution is 6.30. The van der Waals surface area contributed by atoms with E-state index in [9.17, 15) is 0 Å². The fourth-order valence-electron chi connectivity index (χ4n) is 4.02. The van der Waals surface area contributed by atoms with Crippen molar-refractivity contribution in [3.05, 3.63) is 64.1 Å². The molecule has 36 heavy (non-hydrogen) atoms. The maximum atomic E-state index is 6.04. The van der Waals surface area contributed by atoms with E-state index in [4.69, 9.17) is 40.9 Å². The van der Waals surface area contributed by atoms with E-state index in [1.807, 2.05) is 60.3 Å². The van der Waals surface area contributed by atoms with Crippen molar-refractivity contribution >= 4 is 40.6 Å². The van der Waals surface area contributed by atoms with E-state index in [0.717, 1.165) is 46.5 Å². The topological polar surface area (TPSA) is 83.3 Å². The molecule has 0 fully saturated rings. The van der Waals surface area contributed by atoms with E-state index in [1.54, 1.807) is 21.3 Å². The van der Waals surface area contributed by atoms with Crippen molar-refractivity contribution < 1.29 is 14.2 Å². The number of anilines is 1. The molecule has 0 aliphatic rings. The molecule has 0 unspecified atom stereocenters. The van der Waals surface area contributed by atoms with E-state index in [-0.39, 0.29) is 0 Å². The molecule has 0 bridgehead atoms. The molecule has 4 aromatic rings. The van der Waals surface area contributed by atoms with E-state index < -0.39 is 0 Å². The predicted molar refractivity (Wildman–Crippen MR) is 144 cm³/mol. The van der Waals surface area contributed by atoms with Crippen LogP contribution >= 0.6 is 11.6 Å². The van der Waals surface area contributed by atoms with Gasteiger partial charge in [-0.2, -0.15) is 5.10 Å². The van der Waals surface area contributed by atoms with Crippen LogP contribution in [0.25, 0.3) is 23.2 Å². The third-order valence-corrected chi connectivity index (χ3v) is 5.99. The molecular formula is C27H30ClN5O3. The Bertz CT molecular complexity index is 1360. The number of rotatable bonds is 10. The van der Waals surface area contributed by atoms with Crippen LogP contribution in [0.3, 0.4) is 0 Å². The van der Waals surface area contributed by atoms with Gasteiger partial charge >= 0.3 is 0 Å². The molecule has 0 radical (unpaired) electrons. The van der Waals surface area contributed by atoms with Gasteiger partial charge in [0.2, 0.25) is 5.75 Å². The Labute approximate surface area is 215 Å². The minimum absolute atomic E-state index is 0.545. The molecule has 0 aliphatic carbocycles. The molecule has 0 amide bonds. The van der Waals surface area contributed by atoms with Crippen molar-refractivity contribution in [2.24, 2.45) is 7.05 Å². The number of benzene rings is 2. The lowest BCUT2D eigenvalue weighted by Crippen LogP contribution is -2.06. The number of nitrogens with one attached hydrogen (secondary N) is 1. The number of methoxy groups -OCH3 is 3. The second-order valence-corrected chi connectivity index (χ2v) is 8.66. The molecular weight excluding hydrogens is 478 g/mol. The standard InChI is InChI=1S/C27H30ClN5O3/c1-6-7-20-24-25(33(2)32-20)27(29-16-17-8-11-19(28)12-9-17)31-23(30-24)13-10-18-14-21(34-3)26(36-5)22(15-18)35-4/h8-15H,6-7,16H2,1-5H3,(H,29,30,31). The summed E-state index contributed by atoms with van der Waals surface area (Å²) in [6, 6.07) is 11.5. The maximum Gasteiger partial charge on any atom is 0.203 e. The highest BCUT2D eigenvalue weighted by Crippen LogP contribution is 2.38. The summed E-state index contributed by atoms with van der Waals surface area (Å²) >= 11 is 6.04. The van der Waals surface area contributed by atoms with Crippen LogP contribution in [0, 0.1) is 0 Å². The zero-order chi connectivity index (χ0) is 25.7. The van der Waals surface area contributed by atoms with E-state index in [2.05, 4.69) is 12.2 Å². The van der Waals surface area contributed by atoms with Gasteiger partial charge in [-0.15, -0.1) is 0 Å². The largest absolute Gasteiger partial charge is 0.493 e. The number of hydrogen-bond acceptors (Lipinski definition) is 7. The van der Waals surface area contributed by atoms with Gasteiger partial charge in [-0.05, 0) is 47.9 Å². The molecule has 2 heterocycles. The first kappa shape index (κ1) is 25.3. The van der Waals surface area contributed by atoms with Crippen LogP contribution in [0.2, 0.25) is 5.02 Å². The lowest BCUT2D eigenvalue weighted by atomic mass is 10.1. The van der Waals surface area contributed by atoms with Crippen LogP contribution in [-0.2, 0) is 20.0 Å². The SMILES string of the molecule is CCCc1nn(C)c2c(NCc3ccc(Cl)cc3)nc(C=Cc3cc(OC)c(OC)c(OC)c3)nc12. The third kappa shape index (κ3) is 5.39. The van der Waals surface area contributed by atoms with Crippen LogP contribution in [0.1, 0.15) is 36.0 Å². The molecule has 0 saturated carbocycles. The zero-order valence-electron chi connectivity index (χ0n) is 21.1. The first-order valence-electron chi connectivity index (χ1n) is 11.7. The Morgan fingerprint density at radius 3 is 2.28 bits per heavy atom. The molecule has 0 aliphatic heterocycles. The molecule has 0 atom stereocenters. The average molecular weight is 508 g/mol. The predicted octanol–water partition coefficient (Wildman–Crippen LogP) is 5.78. The summed E-state index contributed by atoms with van der Waals surface area (Å²) in [4.78, 5) is 9.67. The van der Waals surface area contributed by atoms with Crippen molar-refractivity contribution in [2.45, 2.75) is 26.3 Å². The quantitative estimate of drug-likeness (QED) is 0.291. The number of aromatic nitrogens is 4. The van der Waals surface area contributed by atoms with Crippen LogP contribution in [0.4, 0.5) is 5.82 Å². The zero-order valence-corrected chi connectivity index (χ0v) is 21.9. The van der Waals surface area contributed by atoms with Crippen LogP contribution in [0.15, 0.2) is 36.4 Å². The molecule has 2 aromatic carbocycles. The van der Waals surface area contributed by atoms with Crippen molar-refractivity contribution in [1.29, 1.82) is 0 Å². The summed E-state index contributed by atoms with van der Waals surface area (Å²) in [5.41, 5.74) is 4.63. The summed E-state index contributed by atoms with van der Waals surface area (Å²) < 4.78 is 18.2. The summed E-state index contributed by atoms with van der Waals surface area (Å²) in [6.45, 7) is 2.72. The normalized spacial score (nSPS) is 11.3. The summed E-state index contributed by atoms with van der Waals surface area (Å²) in [5, 5.41) is 8.89. The molecule has 0 spiro atoms. The lowest BCUT2D eigenvalue weighted by Gasteiger charge is -2.13. The Morgan fingerprint density at radius 2 is 1.67 bits per heavy atom. The first-order valence-corrected chi connectivity index (χ1v) is 12.0. The van der Waals surface area contributed by atoms with Gasteiger partial charge in [0.05, 0.1) is 27.0 Å². The van der Waals surface area contributed by atoms with E-state index in [1.165, 1.54) is 0 Å². The van der Waals surface area contributed by atoms with E-state index >= 15 is 0 Å². The van der Waals surface area contributed by atoms with Crippen LogP contribution in [-0.4, -0.2) is 41.1 Å². The van der Waals surface area contributed by atoms with Crippen molar-refractivity contribution in [3.63, 3.8) is 0 Å². The number of fused-ring (bicyclic) bond motifs is 1. The van der Waals surface area contributed by atoms with Crippen LogP contribution in [0.5, 0.6) is 17.2 Å². The second-order valence-electron chi connectivity index (χ2n) is 8.22. The first-order chi connectivity index (χ1) is 17.5. The smallest absolute Gasteiger partial charge is 0.203 e. The number of hydrogen-bond donors (Lipinski definition) is 1. The number of halogens is 1. The summed E-state index contributed by atoms with van der Waals surface area (Å²) in [7, 11) is 6.69. The van der Waals surface area contributed by atoms with Gasteiger partial charge in [-0.25, -0.2) is 9.97 Å². The third-order valence-electron chi connectivity index (χ3n) is 5.74. The Kier molecular flexibility index (Phi) is 7.95. The second kappa shape index (κ2) is 11.3. The number of aryl methyl sites for hydroxylation is 2. The summed E-state index contributed by atoms with van der Waals surface area (Å²) in [6.07, 6.45) is 5.60. The fraction of sp³-hybridized carbons (Fsp3) is 0.296. The van der Waals surface area contributed by atoms with Gasteiger partial charge in [-0.3, -0.25) is 4.68 Å². The van der Waals surface area contributed by atoms with Gasteiger partial charge < -0.3 is 19.5 Å². The molecule has 8 nitrogen and oxygen atoms in total. The highest BCUT2D eigenvalue weighted by atomic mass is 35.5. The molecule has 2 aromatic heterocycles. The fourth-order valence-corrected chi connectivity index (χ4v) is 4.14. The van der Waals surface area contributed by atoms with Gasteiger partial charge in [0, 0.05) is 18.6 Å². The van der Waals surface area contributed by atoms with Crippen LogP contribution < -0.4 is 19.5 Å². The van der Waals surface area contributed by atoms with Crippen molar-refractivity contribution in [1.82, 2.24) is 19.7 Å². The summed E-state index contributed by atoms with van der Waals surface area (Å²) in [5.74, 6) is 2.99. The maximum absolute atomic E-state index is 6.04. The molecule has 0 saturated heterocycles. The monoisotopic (exact) mass is 507 g/mol. The number of ether oxygens (including phenoxy) is 3. The van der Waals surface area contributed by atoms with E-state index in [0.29, 0.717) is 34.6 Å². The average Bonchev–Trinajstić information content (AvgIpc) is 3.21. The number of nitrogens with zero attached hydrogens (tertiary/aromatic N) is 4. The van der Waals surface area contributed by atoms with Gasteiger partial charge in [0.1, 0.15) is 11.0 Å². The molecule has 9 heteroatoms. The van der Waals surface area contributed by atoms with Gasteiger partial charge in [0.15, 0.2) is 23.1 Å². The Morgan fingerprint density at radius 1 is 0.972 bits per heavy atom. The van der Waals surface area contributed by atoms with Gasteiger partial charge in [0.25, 0.3) is 0 Å². The lowest BCUT2D eigenvalue weighted by molar-refractivity contribution is 0.324.